The Balaban J connectivity index is 3.75. The normalized spacial score (nSPS) is 14.0. The lowest BCUT2D eigenvalue weighted by atomic mass is 10.2. The van der Waals surface area contributed by atoms with Gasteiger partial charge in [-0.3, -0.25) is 0 Å². The van der Waals surface area contributed by atoms with Gasteiger partial charge in [-0.25, -0.2) is 0 Å². The smallest absolute Gasteiger partial charge is 0.279 e. The molecule has 0 aromatic heterocycles. The predicted molar refractivity (Wildman–Crippen MR) is 29.3 cm³/mol. The summed E-state index contributed by atoms with van der Waals surface area (Å²) in [5.74, 6) is -4.66. The van der Waals surface area contributed by atoms with E-state index in [1.165, 1.54) is 0 Å². The summed E-state index contributed by atoms with van der Waals surface area (Å²) in [7, 11) is 0. The van der Waals surface area contributed by atoms with E-state index < -0.39 is 18.2 Å². The molecule has 0 aliphatic rings. The van der Waals surface area contributed by atoms with E-state index in [9.17, 15) is 0 Å². The van der Waals surface area contributed by atoms with Gasteiger partial charge in [0.25, 0.3) is 5.97 Å². The van der Waals surface area contributed by atoms with E-state index in [2.05, 4.69) is 0 Å². The Bertz CT molecular complexity index is 79.5. The average molecular weight is 137 g/mol. The molecular formula is C3H11N3O3. The zero-order valence-corrected chi connectivity index (χ0v) is 4.78. The summed E-state index contributed by atoms with van der Waals surface area (Å²) >= 11 is 0. The number of aliphatic hydroxyl groups is 3. The van der Waals surface area contributed by atoms with Crippen molar-refractivity contribution in [2.75, 3.05) is 0 Å². The SMILES string of the molecule is NC(N)(N)CC(O)(O)O. The predicted octanol–water partition coefficient (Wildman–Crippen LogP) is -3.46. The molecule has 0 amide bonds. The van der Waals surface area contributed by atoms with Gasteiger partial charge in [0.05, 0.1) is 6.42 Å². The van der Waals surface area contributed by atoms with Crippen molar-refractivity contribution in [3.8, 4) is 0 Å². The van der Waals surface area contributed by atoms with E-state index in [1.54, 1.807) is 0 Å². The van der Waals surface area contributed by atoms with Crippen molar-refractivity contribution in [3.63, 3.8) is 0 Å². The number of hydrogen-bond acceptors (Lipinski definition) is 6. The fourth-order valence-corrected chi connectivity index (χ4v) is 0.411. The van der Waals surface area contributed by atoms with Gasteiger partial charge < -0.3 is 32.5 Å². The van der Waals surface area contributed by atoms with Gasteiger partial charge in [-0.2, -0.15) is 0 Å². The number of nitrogens with two attached hydrogens (primary N) is 3. The molecule has 9 heavy (non-hydrogen) atoms. The Labute approximate surface area is 51.9 Å². The highest BCUT2D eigenvalue weighted by molar-refractivity contribution is 4.70. The maximum Gasteiger partial charge on any atom is 0.279 e. The van der Waals surface area contributed by atoms with Crippen LogP contribution < -0.4 is 17.2 Å². The molecule has 0 aliphatic heterocycles. The maximum atomic E-state index is 8.22. The molecule has 0 bridgehead atoms. The molecule has 56 valence electrons. The Morgan fingerprint density at radius 1 is 1.00 bits per heavy atom. The lowest BCUT2D eigenvalue weighted by molar-refractivity contribution is -0.320. The first-order valence-electron chi connectivity index (χ1n) is 2.24. The minimum Gasteiger partial charge on any atom is -0.343 e. The van der Waals surface area contributed by atoms with Crippen molar-refractivity contribution in [1.29, 1.82) is 0 Å². The third-order valence-electron chi connectivity index (χ3n) is 0.543. The molecule has 9 N–H and O–H groups in total. The molecule has 0 fully saturated rings. The molecule has 0 spiro atoms. The van der Waals surface area contributed by atoms with Gasteiger partial charge in [0.15, 0.2) is 0 Å². The van der Waals surface area contributed by atoms with Crippen LogP contribution in [0.1, 0.15) is 6.42 Å². The summed E-state index contributed by atoms with van der Waals surface area (Å²) in [6.07, 6.45) is -0.708. The van der Waals surface area contributed by atoms with Crippen molar-refractivity contribution in [3.05, 3.63) is 0 Å². The van der Waals surface area contributed by atoms with Crippen LogP contribution in [-0.2, 0) is 0 Å². The second-order valence-electron chi connectivity index (χ2n) is 2.06. The summed E-state index contributed by atoms with van der Waals surface area (Å²) in [6, 6.07) is 0. The zero-order valence-electron chi connectivity index (χ0n) is 4.78. The van der Waals surface area contributed by atoms with Crippen LogP contribution in [0.2, 0.25) is 0 Å². The fourth-order valence-electron chi connectivity index (χ4n) is 0.411. The quantitative estimate of drug-likeness (QED) is 0.219. The first kappa shape index (κ1) is 8.76. The van der Waals surface area contributed by atoms with E-state index in [4.69, 9.17) is 32.5 Å². The Hall–Kier alpha value is -0.240. The molecule has 0 atom stereocenters. The summed E-state index contributed by atoms with van der Waals surface area (Å²) in [5, 5.41) is 24.7. The Morgan fingerprint density at radius 3 is 1.33 bits per heavy atom. The molecule has 6 heteroatoms. The van der Waals surface area contributed by atoms with Crippen LogP contribution in [0, 0.1) is 0 Å². The molecule has 0 saturated carbocycles. The minimum absolute atomic E-state index is 0.708. The van der Waals surface area contributed by atoms with Crippen LogP contribution in [0.25, 0.3) is 0 Å². The molecule has 0 aliphatic carbocycles. The third-order valence-corrected chi connectivity index (χ3v) is 0.543. The molecule has 6 nitrogen and oxygen atoms in total. The highest BCUT2D eigenvalue weighted by Crippen LogP contribution is 2.03. The molecule has 0 rings (SSSR count). The van der Waals surface area contributed by atoms with Gasteiger partial charge >= 0.3 is 0 Å². The molecule has 0 aromatic rings. The van der Waals surface area contributed by atoms with Gasteiger partial charge in [0.1, 0.15) is 5.79 Å². The van der Waals surface area contributed by atoms with Gasteiger partial charge in [-0.1, -0.05) is 0 Å². The van der Waals surface area contributed by atoms with E-state index >= 15 is 0 Å². The molecule has 0 aromatic carbocycles. The second kappa shape index (κ2) is 2.18. The molecule has 0 saturated heterocycles. The summed E-state index contributed by atoms with van der Waals surface area (Å²) in [6.45, 7) is 0. The lowest BCUT2D eigenvalue weighted by Crippen LogP contribution is -2.62. The number of rotatable bonds is 2. The topological polar surface area (TPSA) is 139 Å². The Kier molecular flexibility index (Phi) is 2.12. The molecule has 0 heterocycles. The summed E-state index contributed by atoms with van der Waals surface area (Å²) in [4.78, 5) is 0. The monoisotopic (exact) mass is 137 g/mol. The lowest BCUT2D eigenvalue weighted by Gasteiger charge is -2.23. The highest BCUT2D eigenvalue weighted by atomic mass is 16.7. The largest absolute Gasteiger partial charge is 0.343 e. The van der Waals surface area contributed by atoms with Crippen LogP contribution in [0.3, 0.4) is 0 Å². The molecule has 0 unspecified atom stereocenters. The van der Waals surface area contributed by atoms with Crippen molar-refractivity contribution in [2.24, 2.45) is 17.2 Å². The first-order valence-corrected chi connectivity index (χ1v) is 2.24. The van der Waals surface area contributed by atoms with Crippen LogP contribution in [0.4, 0.5) is 0 Å². The highest BCUT2D eigenvalue weighted by Gasteiger charge is 2.28. The van der Waals surface area contributed by atoms with Gasteiger partial charge in [-0.15, -0.1) is 0 Å². The zero-order chi connectivity index (χ0) is 7.71. The van der Waals surface area contributed by atoms with Crippen LogP contribution >= 0.6 is 0 Å². The van der Waals surface area contributed by atoms with E-state index in [0.717, 1.165) is 0 Å². The maximum absolute atomic E-state index is 8.22. The standard InChI is InChI=1S/C3H11N3O3/c4-2(5,6)1-3(7,8)9/h7-9H,1,4-6H2. The van der Waals surface area contributed by atoms with Crippen LogP contribution in [-0.4, -0.2) is 27.1 Å². The van der Waals surface area contributed by atoms with Crippen molar-refractivity contribution in [1.82, 2.24) is 0 Å². The van der Waals surface area contributed by atoms with Crippen molar-refractivity contribution >= 4 is 0 Å². The van der Waals surface area contributed by atoms with Crippen molar-refractivity contribution in [2.45, 2.75) is 18.2 Å². The fraction of sp³-hybridized carbons (Fsp3) is 1.00. The van der Waals surface area contributed by atoms with Crippen LogP contribution in [0.5, 0.6) is 0 Å². The summed E-state index contributed by atoms with van der Waals surface area (Å²) < 4.78 is 0. The second-order valence-corrected chi connectivity index (χ2v) is 2.06. The molecule has 0 radical (unpaired) electrons. The average Bonchev–Trinajstić information content (AvgIpc) is 1.14. The van der Waals surface area contributed by atoms with Gasteiger partial charge in [0, 0.05) is 0 Å². The van der Waals surface area contributed by atoms with Crippen LogP contribution in [0.15, 0.2) is 0 Å². The van der Waals surface area contributed by atoms with E-state index in [1.807, 2.05) is 0 Å². The van der Waals surface area contributed by atoms with E-state index in [0.29, 0.717) is 0 Å². The minimum atomic E-state index is -2.89. The van der Waals surface area contributed by atoms with Gasteiger partial charge in [0.2, 0.25) is 0 Å². The first-order chi connectivity index (χ1) is 3.71. The molecular weight excluding hydrogens is 126 g/mol. The number of hydrogen-bond donors (Lipinski definition) is 6. The van der Waals surface area contributed by atoms with Crippen molar-refractivity contribution < 1.29 is 15.3 Å². The van der Waals surface area contributed by atoms with Gasteiger partial charge in [-0.05, 0) is 0 Å². The summed E-state index contributed by atoms with van der Waals surface area (Å²) in [5.41, 5.74) is 14.7. The Morgan fingerprint density at radius 2 is 1.33 bits per heavy atom. The third kappa shape index (κ3) is 7.76. The van der Waals surface area contributed by atoms with E-state index in [-0.39, 0.29) is 0 Å².